The molecule has 0 aromatic heterocycles. The van der Waals surface area contributed by atoms with Crippen LogP contribution in [0.15, 0.2) is 23.1 Å². The van der Waals surface area contributed by atoms with Crippen molar-refractivity contribution in [3.8, 4) is 0 Å². The molecular formula is C13H18N2S3. The maximum Gasteiger partial charge on any atom is 0.107 e. The van der Waals surface area contributed by atoms with Crippen molar-refractivity contribution < 1.29 is 0 Å². The van der Waals surface area contributed by atoms with E-state index in [0.29, 0.717) is 11.0 Å². The molecule has 1 aromatic rings. The van der Waals surface area contributed by atoms with Crippen LogP contribution in [0.1, 0.15) is 18.4 Å². The van der Waals surface area contributed by atoms with Crippen LogP contribution in [0.25, 0.3) is 0 Å². The van der Waals surface area contributed by atoms with Crippen molar-refractivity contribution in [2.75, 3.05) is 23.1 Å². The first-order valence-corrected chi connectivity index (χ1v) is 8.82. The van der Waals surface area contributed by atoms with Gasteiger partial charge >= 0.3 is 0 Å². The highest BCUT2D eigenvalue weighted by Crippen LogP contribution is 2.29. The summed E-state index contributed by atoms with van der Waals surface area (Å²) >= 11 is 8.89. The number of rotatable bonds is 4. The van der Waals surface area contributed by atoms with Gasteiger partial charge in [0, 0.05) is 27.9 Å². The molecule has 0 radical (unpaired) electrons. The van der Waals surface area contributed by atoms with Gasteiger partial charge in [0.25, 0.3) is 0 Å². The van der Waals surface area contributed by atoms with Gasteiger partial charge < -0.3 is 11.1 Å². The van der Waals surface area contributed by atoms with Crippen LogP contribution in [-0.4, -0.2) is 28.8 Å². The van der Waals surface area contributed by atoms with E-state index in [1.807, 2.05) is 11.8 Å². The lowest BCUT2D eigenvalue weighted by Crippen LogP contribution is -2.27. The van der Waals surface area contributed by atoms with E-state index in [2.05, 4.69) is 29.8 Å². The molecule has 3 N–H and O–H groups in total. The van der Waals surface area contributed by atoms with Gasteiger partial charge in [-0.3, -0.25) is 0 Å². The highest BCUT2D eigenvalue weighted by atomic mass is 32.2. The van der Waals surface area contributed by atoms with Crippen molar-refractivity contribution in [3.63, 3.8) is 0 Å². The second-order valence-corrected chi connectivity index (χ2v) is 6.74. The van der Waals surface area contributed by atoms with Gasteiger partial charge in [-0.05, 0) is 37.0 Å². The van der Waals surface area contributed by atoms with Crippen LogP contribution in [0.2, 0.25) is 0 Å². The molecule has 0 amide bonds. The summed E-state index contributed by atoms with van der Waals surface area (Å²) in [6.45, 7) is 0. The van der Waals surface area contributed by atoms with Gasteiger partial charge in [0.05, 0.1) is 0 Å². The van der Waals surface area contributed by atoms with Gasteiger partial charge in [-0.25, -0.2) is 0 Å². The molecule has 0 aliphatic carbocycles. The summed E-state index contributed by atoms with van der Waals surface area (Å²) in [4.78, 5) is 1.63. The highest BCUT2D eigenvalue weighted by Gasteiger charge is 2.17. The molecule has 2 rings (SSSR count). The molecule has 98 valence electrons. The maximum absolute atomic E-state index is 5.87. The minimum atomic E-state index is 0.478. The normalized spacial score (nSPS) is 19.5. The van der Waals surface area contributed by atoms with Crippen molar-refractivity contribution in [2.45, 2.75) is 23.8 Å². The Morgan fingerprint density at radius 1 is 1.56 bits per heavy atom. The summed E-state index contributed by atoms with van der Waals surface area (Å²) in [5.41, 5.74) is 7.95. The third kappa shape index (κ3) is 3.33. The molecule has 1 saturated heterocycles. The van der Waals surface area contributed by atoms with Gasteiger partial charge in [0.1, 0.15) is 4.99 Å². The predicted octanol–water partition coefficient (Wildman–Crippen LogP) is 3.35. The summed E-state index contributed by atoms with van der Waals surface area (Å²) in [6.07, 6.45) is 4.57. The van der Waals surface area contributed by atoms with Gasteiger partial charge in [0.15, 0.2) is 0 Å². The number of hydrogen-bond donors (Lipinski definition) is 2. The van der Waals surface area contributed by atoms with Crippen LogP contribution in [0, 0.1) is 0 Å². The number of hydrogen-bond acceptors (Lipinski definition) is 4. The van der Waals surface area contributed by atoms with Gasteiger partial charge in [0.2, 0.25) is 0 Å². The fourth-order valence-electron chi connectivity index (χ4n) is 2.15. The maximum atomic E-state index is 5.87. The number of anilines is 1. The molecule has 1 atom stereocenters. The molecule has 5 heteroatoms. The molecule has 1 heterocycles. The van der Waals surface area contributed by atoms with E-state index in [9.17, 15) is 0 Å². The van der Waals surface area contributed by atoms with Crippen LogP contribution >= 0.6 is 35.7 Å². The molecule has 0 saturated carbocycles. The van der Waals surface area contributed by atoms with Crippen molar-refractivity contribution >= 4 is 46.4 Å². The third-order valence-corrected chi connectivity index (χ3v) is 5.21. The molecule has 1 fully saturated rings. The predicted molar refractivity (Wildman–Crippen MR) is 88.1 cm³/mol. The Labute approximate surface area is 122 Å². The van der Waals surface area contributed by atoms with E-state index in [1.165, 1.54) is 24.3 Å². The Balaban J connectivity index is 2.23. The van der Waals surface area contributed by atoms with Crippen LogP contribution in [0.5, 0.6) is 0 Å². The van der Waals surface area contributed by atoms with Gasteiger partial charge in [-0.15, -0.1) is 11.8 Å². The Morgan fingerprint density at radius 2 is 2.39 bits per heavy atom. The average molecular weight is 299 g/mol. The van der Waals surface area contributed by atoms with Crippen molar-refractivity contribution in [1.82, 2.24) is 0 Å². The van der Waals surface area contributed by atoms with Crippen LogP contribution in [0.3, 0.4) is 0 Å². The quantitative estimate of drug-likeness (QED) is 0.659. The van der Waals surface area contributed by atoms with Crippen molar-refractivity contribution in [3.05, 3.63) is 23.8 Å². The number of nitrogens with one attached hydrogen (secondary N) is 1. The minimum absolute atomic E-state index is 0.478. The fraction of sp³-hybridized carbons (Fsp3) is 0.462. The largest absolute Gasteiger partial charge is 0.389 e. The molecule has 2 nitrogen and oxygen atoms in total. The van der Waals surface area contributed by atoms with Crippen LogP contribution in [0.4, 0.5) is 5.69 Å². The summed E-state index contributed by atoms with van der Waals surface area (Å²) in [5, 5.41) is 3.60. The van der Waals surface area contributed by atoms with E-state index >= 15 is 0 Å². The summed E-state index contributed by atoms with van der Waals surface area (Å²) < 4.78 is 0. The molecule has 18 heavy (non-hydrogen) atoms. The van der Waals surface area contributed by atoms with Gasteiger partial charge in [-0.1, -0.05) is 18.3 Å². The van der Waals surface area contributed by atoms with Gasteiger partial charge in [-0.2, -0.15) is 11.8 Å². The molecule has 0 spiro atoms. The Kier molecular flexibility index (Phi) is 5.21. The highest BCUT2D eigenvalue weighted by molar-refractivity contribution is 7.99. The summed E-state index contributed by atoms with van der Waals surface area (Å²) in [5.74, 6) is 2.45. The van der Waals surface area contributed by atoms with E-state index < -0.39 is 0 Å². The van der Waals surface area contributed by atoms with E-state index in [4.69, 9.17) is 18.0 Å². The van der Waals surface area contributed by atoms with Crippen molar-refractivity contribution in [2.24, 2.45) is 5.73 Å². The standard InChI is InChI=1S/C13H18N2S3/c1-17-11-6-2-5-10(12(11)13(14)16)15-9-4-3-7-18-8-9/h2,5-6,9,15H,3-4,7-8H2,1H3,(H2,14,16). The SMILES string of the molecule is CSc1cccc(NC2CCCSC2)c1C(N)=S. The zero-order chi connectivity index (χ0) is 13.0. The van der Waals surface area contributed by atoms with Crippen LogP contribution in [-0.2, 0) is 0 Å². The zero-order valence-corrected chi connectivity index (χ0v) is 12.9. The number of thioether (sulfide) groups is 2. The van der Waals surface area contributed by atoms with Crippen molar-refractivity contribution in [1.29, 1.82) is 0 Å². The first-order valence-electron chi connectivity index (χ1n) is 6.03. The lowest BCUT2D eigenvalue weighted by molar-refractivity contribution is 0.685. The molecule has 1 aliphatic heterocycles. The number of benzene rings is 1. The molecule has 1 unspecified atom stereocenters. The average Bonchev–Trinajstić information content (AvgIpc) is 2.39. The Hall–Kier alpha value is -0.390. The first kappa shape index (κ1) is 14.0. The topological polar surface area (TPSA) is 38.0 Å². The van der Waals surface area contributed by atoms with E-state index in [1.54, 1.807) is 11.8 Å². The third-order valence-electron chi connectivity index (χ3n) is 3.01. The first-order chi connectivity index (χ1) is 8.72. The van der Waals surface area contributed by atoms with E-state index in [0.717, 1.165) is 16.1 Å². The van der Waals surface area contributed by atoms with E-state index in [-0.39, 0.29) is 0 Å². The zero-order valence-electron chi connectivity index (χ0n) is 10.4. The molecule has 0 bridgehead atoms. The Bertz CT molecular complexity index is 428. The summed E-state index contributed by atoms with van der Waals surface area (Å²) in [6, 6.07) is 6.74. The lowest BCUT2D eigenvalue weighted by Gasteiger charge is -2.25. The molecule has 1 aliphatic rings. The second kappa shape index (κ2) is 6.68. The molecule has 1 aromatic carbocycles. The minimum Gasteiger partial charge on any atom is -0.389 e. The summed E-state index contributed by atoms with van der Waals surface area (Å²) in [7, 11) is 0. The van der Waals surface area contributed by atoms with Crippen LogP contribution < -0.4 is 11.1 Å². The fourth-order valence-corrected chi connectivity index (χ4v) is 4.15. The number of nitrogens with two attached hydrogens (primary N) is 1. The monoisotopic (exact) mass is 298 g/mol. The number of thiocarbonyl (C=S) groups is 1. The lowest BCUT2D eigenvalue weighted by atomic mass is 10.1. The second-order valence-electron chi connectivity index (χ2n) is 4.31. The molecular weight excluding hydrogens is 280 g/mol. The Morgan fingerprint density at radius 3 is 3.00 bits per heavy atom. The smallest absolute Gasteiger partial charge is 0.107 e.